The maximum atomic E-state index is 12.9. The van der Waals surface area contributed by atoms with E-state index in [9.17, 15) is 36.3 Å². The zero-order valence-corrected chi connectivity index (χ0v) is 23.7. The van der Waals surface area contributed by atoms with Gasteiger partial charge in [0.05, 0.1) is 30.9 Å². The normalized spacial score (nSPS) is 11.7. The minimum atomic E-state index is -5.61. The van der Waals surface area contributed by atoms with Crippen molar-refractivity contribution in [3.8, 4) is 11.5 Å². The van der Waals surface area contributed by atoms with Crippen molar-refractivity contribution < 1.29 is 55.3 Å². The highest BCUT2D eigenvalue weighted by Gasteiger charge is 2.56. The lowest BCUT2D eigenvalue weighted by Crippen LogP contribution is -2.36. The van der Waals surface area contributed by atoms with Crippen molar-refractivity contribution in [2.24, 2.45) is 0 Å². The maximum Gasteiger partial charge on any atom is 0.453 e. The smallest absolute Gasteiger partial charge is 0.453 e. The molecule has 0 saturated heterocycles. The second-order valence-corrected chi connectivity index (χ2v) is 9.52. The van der Waals surface area contributed by atoms with Crippen LogP contribution in [0.2, 0.25) is 0 Å². The lowest BCUT2D eigenvalue weighted by molar-refractivity contribution is -0.284. The Morgan fingerprint density at radius 3 is 1.91 bits per heavy atom. The average molecular weight is 637 g/mol. The van der Waals surface area contributed by atoms with Crippen molar-refractivity contribution in [3.05, 3.63) is 89.5 Å². The van der Waals surface area contributed by atoms with E-state index in [-0.39, 0.29) is 48.9 Å². The summed E-state index contributed by atoms with van der Waals surface area (Å²) < 4.78 is 83.1. The fourth-order valence-corrected chi connectivity index (χ4v) is 3.61. The Bertz CT molecular complexity index is 1470. The van der Waals surface area contributed by atoms with Crippen LogP contribution in [0.25, 0.3) is 6.08 Å². The Hall–Kier alpha value is -5.14. The van der Waals surface area contributed by atoms with Gasteiger partial charge in [0.15, 0.2) is 0 Å². The van der Waals surface area contributed by atoms with Gasteiger partial charge in [0, 0.05) is 30.3 Å². The minimum Gasteiger partial charge on any atom is -0.494 e. The first-order valence-electron chi connectivity index (χ1n) is 13.4. The average Bonchev–Trinajstić information content (AvgIpc) is 2.98. The Morgan fingerprint density at radius 1 is 0.689 bits per heavy atom. The van der Waals surface area contributed by atoms with Gasteiger partial charge in [-0.2, -0.15) is 22.0 Å². The molecule has 0 aliphatic heterocycles. The molecule has 0 aliphatic rings. The Labute approximate surface area is 254 Å². The first-order chi connectivity index (χ1) is 21.2. The lowest BCUT2D eigenvalue weighted by atomic mass is 10.2. The van der Waals surface area contributed by atoms with Crippen LogP contribution in [0.15, 0.2) is 72.8 Å². The number of nitrogens with two attached hydrogens (primary N) is 2. The number of halogens is 5. The molecule has 0 radical (unpaired) electrons. The highest BCUT2D eigenvalue weighted by molar-refractivity contribution is 5.92. The summed E-state index contributed by atoms with van der Waals surface area (Å²) in [5, 5.41) is 0. The molecular weight excluding hydrogens is 607 g/mol. The second kappa shape index (κ2) is 15.5. The Morgan fingerprint density at radius 2 is 1.29 bits per heavy atom. The predicted octanol–water partition coefficient (Wildman–Crippen LogP) is 6.23. The number of carbonyl (C=O) groups is 3. The number of hydrogen-bond acceptors (Lipinski definition) is 9. The molecule has 0 spiro atoms. The summed E-state index contributed by atoms with van der Waals surface area (Å²) in [7, 11) is 0. The third-order valence-corrected chi connectivity index (χ3v) is 5.89. The van der Waals surface area contributed by atoms with E-state index in [1.807, 2.05) is 0 Å². The first-order valence-corrected chi connectivity index (χ1v) is 13.4. The Kier molecular flexibility index (Phi) is 11.9. The molecule has 3 aromatic rings. The first kappa shape index (κ1) is 34.4. The molecule has 0 aromatic heterocycles. The third-order valence-electron chi connectivity index (χ3n) is 5.89. The van der Waals surface area contributed by atoms with Crippen molar-refractivity contribution in [1.82, 2.24) is 0 Å². The minimum absolute atomic E-state index is 0.0123. The standard InChI is InChI=1S/C31H29F5N2O7/c32-30(33,31(34,35)36)13-1-14-42-25-10-6-21(7-11-25)29(41)45-26-8-3-20(4-9-26)5-12-27(39)43-15-2-16-44-28(40)22-17-23(37)19-24(38)18-22/h3-12,17-19H,1-2,13-16,37-38H2/b12-5+. The molecule has 240 valence electrons. The highest BCUT2D eigenvalue weighted by Crippen LogP contribution is 2.38. The van der Waals surface area contributed by atoms with Crippen LogP contribution >= 0.6 is 0 Å². The zero-order valence-electron chi connectivity index (χ0n) is 23.7. The number of hydrogen-bond donors (Lipinski definition) is 2. The van der Waals surface area contributed by atoms with Crippen molar-refractivity contribution in [2.75, 3.05) is 31.3 Å². The molecule has 4 N–H and O–H groups in total. The summed E-state index contributed by atoms with van der Waals surface area (Å²) in [4.78, 5) is 36.4. The molecule has 14 heteroatoms. The van der Waals surface area contributed by atoms with Gasteiger partial charge in [-0.25, -0.2) is 14.4 Å². The van der Waals surface area contributed by atoms with Gasteiger partial charge in [0.1, 0.15) is 11.5 Å². The largest absolute Gasteiger partial charge is 0.494 e. The van der Waals surface area contributed by atoms with E-state index in [0.717, 1.165) is 0 Å². The molecule has 0 atom stereocenters. The van der Waals surface area contributed by atoms with E-state index in [1.165, 1.54) is 66.7 Å². The summed E-state index contributed by atoms with van der Waals surface area (Å²) in [6.45, 7) is -0.341. The molecular formula is C31H29F5N2O7. The van der Waals surface area contributed by atoms with Crippen molar-refractivity contribution in [2.45, 2.75) is 31.4 Å². The number of benzene rings is 3. The molecule has 45 heavy (non-hydrogen) atoms. The van der Waals surface area contributed by atoms with E-state index < -0.39 is 42.8 Å². The molecule has 0 saturated carbocycles. The molecule has 3 rings (SSSR count). The molecule has 0 unspecified atom stereocenters. The van der Waals surface area contributed by atoms with Gasteiger partial charge in [-0.05, 0) is 72.7 Å². The number of carbonyl (C=O) groups excluding carboxylic acids is 3. The number of rotatable bonds is 14. The fraction of sp³-hybridized carbons (Fsp3) is 0.258. The molecule has 0 amide bonds. The van der Waals surface area contributed by atoms with Gasteiger partial charge in [-0.3, -0.25) is 0 Å². The predicted molar refractivity (Wildman–Crippen MR) is 154 cm³/mol. The second-order valence-electron chi connectivity index (χ2n) is 9.52. The van der Waals surface area contributed by atoms with E-state index in [1.54, 1.807) is 12.1 Å². The van der Waals surface area contributed by atoms with Crippen LogP contribution < -0.4 is 20.9 Å². The highest BCUT2D eigenvalue weighted by atomic mass is 19.4. The summed E-state index contributed by atoms with van der Waals surface area (Å²) in [5.41, 5.74) is 12.9. The van der Waals surface area contributed by atoms with Gasteiger partial charge < -0.3 is 30.4 Å². The molecule has 0 bridgehead atoms. The van der Waals surface area contributed by atoms with Crippen LogP contribution in [0.3, 0.4) is 0 Å². The van der Waals surface area contributed by atoms with Gasteiger partial charge >= 0.3 is 30.0 Å². The van der Waals surface area contributed by atoms with Crippen molar-refractivity contribution >= 4 is 35.4 Å². The van der Waals surface area contributed by atoms with E-state index in [4.69, 9.17) is 30.4 Å². The van der Waals surface area contributed by atoms with Crippen molar-refractivity contribution in [3.63, 3.8) is 0 Å². The van der Waals surface area contributed by atoms with Crippen molar-refractivity contribution in [1.29, 1.82) is 0 Å². The van der Waals surface area contributed by atoms with E-state index in [2.05, 4.69) is 0 Å². The fourth-order valence-electron chi connectivity index (χ4n) is 3.61. The van der Waals surface area contributed by atoms with E-state index in [0.29, 0.717) is 16.9 Å². The quantitative estimate of drug-likeness (QED) is 0.0526. The topological polar surface area (TPSA) is 140 Å². The summed E-state index contributed by atoms with van der Waals surface area (Å²) in [6, 6.07) is 16.0. The molecule has 3 aromatic carbocycles. The Balaban J connectivity index is 1.35. The van der Waals surface area contributed by atoms with Crippen LogP contribution in [-0.4, -0.2) is 49.8 Å². The number of nitrogen functional groups attached to an aromatic ring is 2. The van der Waals surface area contributed by atoms with Crippen LogP contribution in [0, 0.1) is 0 Å². The van der Waals surface area contributed by atoms with Gasteiger partial charge in [-0.15, -0.1) is 0 Å². The van der Waals surface area contributed by atoms with Gasteiger partial charge in [0.25, 0.3) is 0 Å². The number of anilines is 2. The SMILES string of the molecule is Nc1cc(N)cc(C(=O)OCCCOC(=O)/C=C/c2ccc(OC(=O)c3ccc(OCCCC(F)(F)C(F)(F)F)cc3)cc2)c1. The molecule has 0 aliphatic carbocycles. The molecule has 0 fully saturated rings. The van der Waals surface area contributed by atoms with Crippen LogP contribution in [0.1, 0.15) is 45.5 Å². The number of alkyl halides is 5. The lowest BCUT2D eigenvalue weighted by Gasteiger charge is -2.19. The van der Waals surface area contributed by atoms with Gasteiger partial charge in [0.2, 0.25) is 0 Å². The number of ether oxygens (including phenoxy) is 4. The van der Waals surface area contributed by atoms with Crippen LogP contribution in [0.5, 0.6) is 11.5 Å². The molecule has 9 nitrogen and oxygen atoms in total. The monoisotopic (exact) mass is 636 g/mol. The summed E-state index contributed by atoms with van der Waals surface area (Å²) >= 11 is 0. The zero-order chi connectivity index (χ0) is 33.0. The summed E-state index contributed by atoms with van der Waals surface area (Å²) in [5.74, 6) is -6.33. The van der Waals surface area contributed by atoms with E-state index >= 15 is 0 Å². The maximum absolute atomic E-state index is 12.9. The van der Waals surface area contributed by atoms with Gasteiger partial charge in [-0.1, -0.05) is 12.1 Å². The molecule has 0 heterocycles. The summed E-state index contributed by atoms with van der Waals surface area (Å²) in [6.07, 6.45) is -4.58. The third kappa shape index (κ3) is 11.1. The van der Waals surface area contributed by atoms with Crippen LogP contribution in [-0.2, 0) is 14.3 Å². The van der Waals surface area contributed by atoms with Crippen LogP contribution in [0.4, 0.5) is 33.3 Å². The number of esters is 3.